The van der Waals surface area contributed by atoms with E-state index in [1.807, 2.05) is 36.4 Å². The molecule has 0 atom stereocenters. The maximum atomic E-state index is 12.0. The second-order valence-corrected chi connectivity index (χ2v) is 6.67. The summed E-state index contributed by atoms with van der Waals surface area (Å²) < 4.78 is 5.73. The van der Waals surface area contributed by atoms with Crippen molar-refractivity contribution in [1.82, 2.24) is 10.3 Å². The monoisotopic (exact) mass is 369 g/mol. The van der Waals surface area contributed by atoms with E-state index in [9.17, 15) is 4.79 Å². The number of rotatable bonds is 5. The van der Waals surface area contributed by atoms with Crippen molar-refractivity contribution in [1.29, 1.82) is 0 Å². The van der Waals surface area contributed by atoms with Crippen LogP contribution in [0.15, 0.2) is 59.1 Å². The molecule has 2 N–H and O–H groups in total. The van der Waals surface area contributed by atoms with Gasteiger partial charge >= 0.3 is 6.03 Å². The average molecular weight is 370 g/mol. The molecule has 0 radical (unpaired) electrons. The van der Waals surface area contributed by atoms with E-state index in [1.165, 1.54) is 0 Å². The van der Waals surface area contributed by atoms with Gasteiger partial charge in [-0.3, -0.25) is 0 Å². The van der Waals surface area contributed by atoms with Crippen LogP contribution < -0.4 is 10.6 Å². The molecule has 0 spiro atoms. The Kier molecular flexibility index (Phi) is 5.58. The summed E-state index contributed by atoms with van der Waals surface area (Å²) >= 11 is 5.84. The second kappa shape index (κ2) is 8.06. The van der Waals surface area contributed by atoms with Crippen molar-refractivity contribution >= 4 is 23.3 Å². The largest absolute Gasteiger partial charge is 0.441 e. The Morgan fingerprint density at radius 1 is 1.12 bits per heavy atom. The minimum Gasteiger partial charge on any atom is -0.441 e. The molecule has 0 bridgehead atoms. The fourth-order valence-electron chi connectivity index (χ4n) is 2.34. The van der Waals surface area contributed by atoms with E-state index in [4.69, 9.17) is 16.0 Å². The first-order valence-corrected chi connectivity index (χ1v) is 8.74. The predicted molar refractivity (Wildman–Crippen MR) is 103 cm³/mol. The van der Waals surface area contributed by atoms with Gasteiger partial charge in [-0.15, -0.1) is 0 Å². The average Bonchev–Trinajstić information content (AvgIpc) is 3.12. The molecule has 0 aliphatic heterocycles. The van der Waals surface area contributed by atoms with Gasteiger partial charge in [0.05, 0.1) is 6.20 Å². The molecule has 26 heavy (non-hydrogen) atoms. The fourth-order valence-corrected chi connectivity index (χ4v) is 2.47. The number of hydrogen-bond acceptors (Lipinski definition) is 3. The molecule has 2 amide bonds. The van der Waals surface area contributed by atoms with Crippen molar-refractivity contribution in [3.63, 3.8) is 0 Å². The molecule has 2 aromatic carbocycles. The highest BCUT2D eigenvalue weighted by Crippen LogP contribution is 2.24. The highest BCUT2D eigenvalue weighted by atomic mass is 35.5. The van der Waals surface area contributed by atoms with Gasteiger partial charge in [0, 0.05) is 28.7 Å². The van der Waals surface area contributed by atoms with Crippen molar-refractivity contribution in [2.45, 2.75) is 26.3 Å². The third-order valence-electron chi connectivity index (χ3n) is 3.85. The standard InChI is InChI=1S/C20H20ClN3O2/c1-13(2)18-12-22-19(26-18)15-5-9-17(10-6-15)24-20(25)23-11-14-3-7-16(21)8-4-14/h3-10,12-13H,11H2,1-2H3,(H2,23,24,25). The molecule has 1 heterocycles. The lowest BCUT2D eigenvalue weighted by atomic mass is 10.2. The number of amides is 2. The van der Waals surface area contributed by atoms with Gasteiger partial charge in [0.2, 0.25) is 5.89 Å². The van der Waals surface area contributed by atoms with E-state index in [0.717, 1.165) is 16.9 Å². The summed E-state index contributed by atoms with van der Waals surface area (Å²) in [4.78, 5) is 16.3. The summed E-state index contributed by atoms with van der Waals surface area (Å²) in [5, 5.41) is 6.27. The van der Waals surface area contributed by atoms with Gasteiger partial charge < -0.3 is 15.1 Å². The third kappa shape index (κ3) is 4.64. The second-order valence-electron chi connectivity index (χ2n) is 6.23. The number of aromatic nitrogens is 1. The van der Waals surface area contributed by atoms with E-state index < -0.39 is 0 Å². The number of carbonyl (C=O) groups excluding carboxylic acids is 1. The van der Waals surface area contributed by atoms with Crippen molar-refractivity contribution in [2.24, 2.45) is 0 Å². The number of nitrogens with one attached hydrogen (secondary N) is 2. The lowest BCUT2D eigenvalue weighted by Crippen LogP contribution is -2.28. The first kappa shape index (κ1) is 18.0. The molecule has 134 valence electrons. The first-order valence-electron chi connectivity index (χ1n) is 8.37. The summed E-state index contributed by atoms with van der Waals surface area (Å²) in [6.45, 7) is 4.54. The van der Waals surface area contributed by atoms with Crippen LogP contribution in [0.4, 0.5) is 10.5 Å². The molecule has 0 fully saturated rings. The van der Waals surface area contributed by atoms with E-state index in [2.05, 4.69) is 29.5 Å². The fraction of sp³-hybridized carbons (Fsp3) is 0.200. The van der Waals surface area contributed by atoms with Gasteiger partial charge in [0.25, 0.3) is 0 Å². The number of carbonyl (C=O) groups is 1. The Morgan fingerprint density at radius 3 is 2.42 bits per heavy atom. The Hall–Kier alpha value is -2.79. The topological polar surface area (TPSA) is 67.2 Å². The van der Waals surface area contributed by atoms with Crippen LogP contribution in [-0.2, 0) is 6.54 Å². The van der Waals surface area contributed by atoms with Gasteiger partial charge in [-0.2, -0.15) is 0 Å². The van der Waals surface area contributed by atoms with Crippen LogP contribution in [0.1, 0.15) is 31.1 Å². The minimum atomic E-state index is -0.272. The van der Waals surface area contributed by atoms with Crippen LogP contribution >= 0.6 is 11.6 Å². The van der Waals surface area contributed by atoms with Crippen molar-refractivity contribution in [3.05, 3.63) is 71.1 Å². The van der Waals surface area contributed by atoms with E-state index in [0.29, 0.717) is 29.1 Å². The lowest BCUT2D eigenvalue weighted by Gasteiger charge is -2.08. The summed E-state index contributed by atoms with van der Waals surface area (Å²) in [6, 6.07) is 14.4. The lowest BCUT2D eigenvalue weighted by molar-refractivity contribution is 0.251. The number of halogens is 1. The summed E-state index contributed by atoms with van der Waals surface area (Å²) in [5.74, 6) is 1.72. The van der Waals surface area contributed by atoms with Crippen LogP contribution in [0.25, 0.3) is 11.5 Å². The molecule has 6 heteroatoms. The predicted octanol–water partition coefficient (Wildman–Crippen LogP) is 5.44. The third-order valence-corrected chi connectivity index (χ3v) is 4.10. The molecule has 0 saturated carbocycles. The Labute approximate surface area is 157 Å². The Balaban J connectivity index is 1.56. The molecule has 0 saturated heterocycles. The van der Waals surface area contributed by atoms with Gasteiger partial charge in [-0.05, 0) is 42.0 Å². The van der Waals surface area contributed by atoms with E-state index >= 15 is 0 Å². The molecule has 0 unspecified atom stereocenters. The summed E-state index contributed by atoms with van der Waals surface area (Å²) in [7, 11) is 0. The Bertz CT molecular complexity index is 871. The van der Waals surface area contributed by atoms with E-state index in [1.54, 1.807) is 18.3 Å². The Morgan fingerprint density at radius 2 is 1.81 bits per heavy atom. The quantitative estimate of drug-likeness (QED) is 0.629. The molecule has 3 rings (SSSR count). The van der Waals surface area contributed by atoms with Crippen LogP contribution in [0.3, 0.4) is 0 Å². The number of nitrogens with zero attached hydrogens (tertiary/aromatic N) is 1. The van der Waals surface area contributed by atoms with Crippen LogP contribution in [0.5, 0.6) is 0 Å². The normalized spacial score (nSPS) is 10.8. The van der Waals surface area contributed by atoms with Crippen molar-refractivity contribution < 1.29 is 9.21 Å². The molecule has 3 aromatic rings. The maximum Gasteiger partial charge on any atom is 0.319 e. The van der Waals surface area contributed by atoms with Crippen molar-refractivity contribution in [2.75, 3.05) is 5.32 Å². The van der Waals surface area contributed by atoms with Gasteiger partial charge in [-0.1, -0.05) is 37.6 Å². The number of oxazole rings is 1. The summed E-state index contributed by atoms with van der Waals surface area (Å²) in [5.41, 5.74) is 2.53. The highest BCUT2D eigenvalue weighted by molar-refractivity contribution is 6.30. The van der Waals surface area contributed by atoms with Crippen LogP contribution in [0.2, 0.25) is 5.02 Å². The summed E-state index contributed by atoms with van der Waals surface area (Å²) in [6.07, 6.45) is 1.75. The number of hydrogen-bond donors (Lipinski definition) is 2. The van der Waals surface area contributed by atoms with Gasteiger partial charge in [-0.25, -0.2) is 9.78 Å². The van der Waals surface area contributed by atoms with Crippen molar-refractivity contribution in [3.8, 4) is 11.5 Å². The SMILES string of the molecule is CC(C)c1cnc(-c2ccc(NC(=O)NCc3ccc(Cl)cc3)cc2)o1. The van der Waals surface area contributed by atoms with Crippen LogP contribution in [-0.4, -0.2) is 11.0 Å². The molecule has 1 aromatic heterocycles. The maximum absolute atomic E-state index is 12.0. The first-order chi connectivity index (χ1) is 12.5. The number of benzene rings is 2. The zero-order valence-electron chi connectivity index (χ0n) is 14.6. The molecular formula is C20H20ClN3O2. The van der Waals surface area contributed by atoms with Gasteiger partial charge in [0.1, 0.15) is 5.76 Å². The highest BCUT2D eigenvalue weighted by Gasteiger charge is 2.09. The molecular weight excluding hydrogens is 350 g/mol. The molecule has 0 aliphatic carbocycles. The molecule has 0 aliphatic rings. The molecule has 5 nitrogen and oxygen atoms in total. The smallest absolute Gasteiger partial charge is 0.319 e. The van der Waals surface area contributed by atoms with Crippen LogP contribution in [0, 0.1) is 0 Å². The van der Waals surface area contributed by atoms with E-state index in [-0.39, 0.29) is 6.03 Å². The number of anilines is 1. The minimum absolute atomic E-state index is 0.272. The number of urea groups is 1. The zero-order valence-corrected chi connectivity index (χ0v) is 15.4. The zero-order chi connectivity index (χ0) is 18.5. The van der Waals surface area contributed by atoms with Gasteiger partial charge in [0.15, 0.2) is 0 Å².